The standard InChI is InChI=1S/C20H20N2O5/c1-20(19(26)27-2,10-12-11-21-14-7-4-3-6-13(12)14)22-18(25)17-15(23)8-5-9-16(17)24/h3-9,11,21,23-24H,10H2,1-2H3,(H,22,25). The summed E-state index contributed by atoms with van der Waals surface area (Å²) in [6, 6.07) is 11.6. The van der Waals surface area contributed by atoms with Crippen LogP contribution in [0.4, 0.5) is 0 Å². The molecule has 3 rings (SSSR count). The van der Waals surface area contributed by atoms with Crippen molar-refractivity contribution in [1.82, 2.24) is 10.3 Å². The second-order valence-corrected chi connectivity index (χ2v) is 6.49. The fraction of sp³-hybridized carbons (Fsp3) is 0.200. The Bertz CT molecular complexity index is 990. The van der Waals surface area contributed by atoms with Crippen molar-refractivity contribution in [2.24, 2.45) is 0 Å². The molecule has 140 valence electrons. The van der Waals surface area contributed by atoms with E-state index in [9.17, 15) is 19.8 Å². The second-order valence-electron chi connectivity index (χ2n) is 6.49. The van der Waals surface area contributed by atoms with Gasteiger partial charge in [-0.3, -0.25) is 4.79 Å². The third-order valence-corrected chi connectivity index (χ3v) is 4.49. The lowest BCUT2D eigenvalue weighted by molar-refractivity contribution is -0.147. The summed E-state index contributed by atoms with van der Waals surface area (Å²) >= 11 is 0. The Labute approximate surface area is 155 Å². The highest BCUT2D eigenvalue weighted by atomic mass is 16.5. The van der Waals surface area contributed by atoms with Crippen molar-refractivity contribution in [3.8, 4) is 11.5 Å². The molecule has 1 atom stereocenters. The number of esters is 1. The zero-order valence-electron chi connectivity index (χ0n) is 14.9. The van der Waals surface area contributed by atoms with Crippen LogP contribution in [0.3, 0.4) is 0 Å². The number of carbonyl (C=O) groups is 2. The van der Waals surface area contributed by atoms with Gasteiger partial charge in [-0.1, -0.05) is 24.3 Å². The monoisotopic (exact) mass is 368 g/mol. The van der Waals surface area contributed by atoms with Crippen LogP contribution in [0.2, 0.25) is 0 Å². The predicted molar refractivity (Wildman–Crippen MR) is 99.7 cm³/mol. The van der Waals surface area contributed by atoms with E-state index in [2.05, 4.69) is 10.3 Å². The lowest BCUT2D eigenvalue weighted by Gasteiger charge is -2.28. The summed E-state index contributed by atoms with van der Waals surface area (Å²) in [7, 11) is 1.24. The number of benzene rings is 2. The molecule has 7 heteroatoms. The van der Waals surface area contributed by atoms with Crippen molar-refractivity contribution in [2.45, 2.75) is 18.9 Å². The van der Waals surface area contributed by atoms with Crippen LogP contribution >= 0.6 is 0 Å². The molecule has 1 amide bonds. The van der Waals surface area contributed by atoms with Gasteiger partial charge in [0.15, 0.2) is 0 Å². The summed E-state index contributed by atoms with van der Waals surface area (Å²) in [4.78, 5) is 28.3. The number of aromatic amines is 1. The molecule has 1 heterocycles. The first kappa shape index (κ1) is 18.3. The molecule has 3 aromatic rings. The molecule has 0 aliphatic heterocycles. The Balaban J connectivity index is 1.95. The van der Waals surface area contributed by atoms with Crippen molar-refractivity contribution in [3.63, 3.8) is 0 Å². The van der Waals surface area contributed by atoms with Crippen molar-refractivity contribution >= 4 is 22.8 Å². The van der Waals surface area contributed by atoms with Gasteiger partial charge in [0, 0.05) is 23.5 Å². The summed E-state index contributed by atoms with van der Waals surface area (Å²) < 4.78 is 4.88. The van der Waals surface area contributed by atoms with Gasteiger partial charge in [0.1, 0.15) is 22.6 Å². The Hall–Kier alpha value is -3.48. The number of phenols is 2. The van der Waals surface area contributed by atoms with Gasteiger partial charge in [-0.25, -0.2) is 4.79 Å². The number of aromatic hydroxyl groups is 2. The molecular weight excluding hydrogens is 348 g/mol. The number of rotatable bonds is 5. The largest absolute Gasteiger partial charge is 0.507 e. The van der Waals surface area contributed by atoms with E-state index in [4.69, 9.17) is 4.74 Å². The predicted octanol–water partition coefficient (Wildman–Crippen LogP) is 2.48. The number of hydrogen-bond donors (Lipinski definition) is 4. The van der Waals surface area contributed by atoms with Crippen molar-refractivity contribution < 1.29 is 24.5 Å². The molecule has 7 nitrogen and oxygen atoms in total. The third kappa shape index (κ3) is 3.44. The van der Waals surface area contributed by atoms with Gasteiger partial charge in [0.25, 0.3) is 5.91 Å². The topological polar surface area (TPSA) is 112 Å². The van der Waals surface area contributed by atoms with Gasteiger partial charge in [-0.05, 0) is 30.7 Å². The molecule has 0 fully saturated rings. The Morgan fingerprint density at radius 3 is 2.44 bits per heavy atom. The summed E-state index contributed by atoms with van der Waals surface area (Å²) in [6.45, 7) is 1.54. The van der Waals surface area contributed by atoms with Crippen molar-refractivity contribution in [1.29, 1.82) is 0 Å². The Morgan fingerprint density at radius 1 is 1.11 bits per heavy atom. The molecule has 0 bridgehead atoms. The Kier molecular flexibility index (Phi) is 4.77. The number of hydrogen-bond acceptors (Lipinski definition) is 5. The van der Waals surface area contributed by atoms with E-state index in [1.54, 1.807) is 6.20 Å². The van der Waals surface area contributed by atoms with E-state index in [-0.39, 0.29) is 23.5 Å². The summed E-state index contributed by atoms with van der Waals surface area (Å²) in [5.41, 5.74) is 0.0159. The molecule has 0 radical (unpaired) electrons. The number of nitrogens with one attached hydrogen (secondary N) is 2. The lowest BCUT2D eigenvalue weighted by atomic mass is 9.92. The van der Waals surface area contributed by atoms with Crippen molar-refractivity contribution in [3.05, 3.63) is 59.8 Å². The lowest BCUT2D eigenvalue weighted by Crippen LogP contribution is -2.54. The molecule has 0 spiro atoms. The molecule has 0 saturated carbocycles. The first-order valence-electron chi connectivity index (χ1n) is 8.32. The number of para-hydroxylation sites is 1. The Morgan fingerprint density at radius 2 is 1.78 bits per heavy atom. The maximum Gasteiger partial charge on any atom is 0.331 e. The SMILES string of the molecule is COC(=O)C(C)(Cc1c[nH]c2ccccc12)NC(=O)c1c(O)cccc1O. The van der Waals surface area contributed by atoms with Gasteiger partial charge in [0.05, 0.1) is 7.11 Å². The van der Waals surface area contributed by atoms with Gasteiger partial charge in [-0.15, -0.1) is 0 Å². The minimum absolute atomic E-state index is 0.157. The second kappa shape index (κ2) is 7.03. The summed E-state index contributed by atoms with van der Waals surface area (Å²) in [5, 5.41) is 23.3. The first-order chi connectivity index (χ1) is 12.9. The molecule has 1 aromatic heterocycles. The average Bonchev–Trinajstić information content (AvgIpc) is 3.03. The number of fused-ring (bicyclic) bond motifs is 1. The van der Waals surface area contributed by atoms with E-state index < -0.39 is 17.4 Å². The van der Waals surface area contributed by atoms with Gasteiger partial charge in [0.2, 0.25) is 0 Å². The number of methoxy groups -OCH3 is 1. The van der Waals surface area contributed by atoms with Crippen LogP contribution in [0.1, 0.15) is 22.8 Å². The fourth-order valence-corrected chi connectivity index (χ4v) is 3.13. The normalized spacial score (nSPS) is 13.1. The van der Waals surface area contributed by atoms with E-state index in [0.29, 0.717) is 0 Å². The maximum atomic E-state index is 12.7. The minimum atomic E-state index is -1.41. The van der Waals surface area contributed by atoms with Gasteiger partial charge >= 0.3 is 5.97 Å². The average molecular weight is 368 g/mol. The number of carbonyl (C=O) groups excluding carboxylic acids is 2. The van der Waals surface area contributed by atoms with Crippen LogP contribution < -0.4 is 5.32 Å². The van der Waals surface area contributed by atoms with Crippen LogP contribution in [0.25, 0.3) is 10.9 Å². The van der Waals surface area contributed by atoms with E-state index in [0.717, 1.165) is 16.5 Å². The van der Waals surface area contributed by atoms with Gasteiger partial charge < -0.3 is 25.3 Å². The molecule has 0 saturated heterocycles. The highest BCUT2D eigenvalue weighted by molar-refractivity contribution is 6.02. The van der Waals surface area contributed by atoms with E-state index in [1.807, 2.05) is 24.3 Å². The number of H-pyrrole nitrogens is 1. The number of phenolic OH excluding ortho intramolecular Hbond substituents is 2. The molecule has 2 aromatic carbocycles. The summed E-state index contributed by atoms with van der Waals surface area (Å²) in [6.07, 6.45) is 1.93. The van der Waals surface area contributed by atoms with Crippen LogP contribution in [0.15, 0.2) is 48.7 Å². The number of aromatic nitrogens is 1. The number of amides is 1. The minimum Gasteiger partial charge on any atom is -0.507 e. The zero-order valence-corrected chi connectivity index (χ0v) is 14.9. The smallest absolute Gasteiger partial charge is 0.331 e. The quantitative estimate of drug-likeness (QED) is 0.517. The molecule has 4 N–H and O–H groups in total. The first-order valence-corrected chi connectivity index (χ1v) is 8.32. The molecule has 27 heavy (non-hydrogen) atoms. The van der Waals surface area contributed by atoms with Crippen molar-refractivity contribution in [2.75, 3.05) is 7.11 Å². The number of ether oxygens (including phenoxy) is 1. The molecule has 0 aliphatic rings. The highest BCUT2D eigenvalue weighted by Gasteiger charge is 2.38. The zero-order chi connectivity index (χ0) is 19.6. The van der Waals surface area contributed by atoms with E-state index >= 15 is 0 Å². The van der Waals surface area contributed by atoms with E-state index in [1.165, 1.54) is 32.2 Å². The van der Waals surface area contributed by atoms with Gasteiger partial charge in [-0.2, -0.15) is 0 Å². The molecule has 0 aliphatic carbocycles. The molecular formula is C20H20N2O5. The van der Waals surface area contributed by atoms with Crippen LogP contribution in [-0.4, -0.2) is 39.7 Å². The maximum absolute atomic E-state index is 12.7. The molecule has 1 unspecified atom stereocenters. The van der Waals surface area contributed by atoms with Crippen LogP contribution in [-0.2, 0) is 16.0 Å². The highest BCUT2D eigenvalue weighted by Crippen LogP contribution is 2.28. The fourth-order valence-electron chi connectivity index (χ4n) is 3.13. The summed E-state index contributed by atoms with van der Waals surface area (Å²) in [5.74, 6) is -2.19. The van der Waals surface area contributed by atoms with Crippen LogP contribution in [0.5, 0.6) is 11.5 Å². The third-order valence-electron chi connectivity index (χ3n) is 4.49. The van der Waals surface area contributed by atoms with Crippen LogP contribution in [0, 0.1) is 0 Å².